The Morgan fingerprint density at radius 3 is 1.40 bits per heavy atom. The zero-order valence-corrected chi connectivity index (χ0v) is 66.0. The number of allylic oxidation sites excluding steroid dienone is 1. The van der Waals surface area contributed by atoms with Crippen LogP contribution in [0.5, 0.6) is 23.0 Å². The topological polar surface area (TPSA) is 250 Å². The van der Waals surface area contributed by atoms with E-state index in [2.05, 4.69) is 64.3 Å². The molecule has 0 bridgehead atoms. The molecule has 0 aliphatic heterocycles. The fourth-order valence-electron chi connectivity index (χ4n) is 12.6. The van der Waals surface area contributed by atoms with Crippen molar-refractivity contribution in [3.8, 4) is 40.1 Å². The molecule has 10 aromatic heterocycles. The van der Waals surface area contributed by atoms with Crippen LogP contribution in [0, 0.1) is 48.8 Å². The highest BCUT2D eigenvalue weighted by Gasteiger charge is 2.24. The van der Waals surface area contributed by atoms with E-state index in [1.807, 2.05) is 60.7 Å². The number of anilines is 7. The lowest BCUT2D eigenvalue weighted by Crippen LogP contribution is -2.16. The highest BCUT2D eigenvalue weighted by atomic mass is 35.5. The van der Waals surface area contributed by atoms with Gasteiger partial charge in [0, 0.05) is 66.0 Å². The van der Waals surface area contributed by atoms with Crippen molar-refractivity contribution in [2.75, 3.05) is 56.3 Å². The number of nitrogens with one attached hydrogen (secondary N) is 4. The molecule has 0 unspecified atom stereocenters. The first-order valence-electron chi connectivity index (χ1n) is 35.4. The third kappa shape index (κ3) is 17.4. The molecule has 0 spiro atoms. The average Bonchev–Trinajstić information content (AvgIpc) is 0.764. The Balaban J connectivity index is 0.000000186. The number of para-hydroxylation sites is 2. The van der Waals surface area contributed by atoms with Crippen LogP contribution in [0.3, 0.4) is 0 Å². The van der Waals surface area contributed by atoms with Crippen molar-refractivity contribution in [2.24, 2.45) is 0 Å². The third-order valence-corrected chi connectivity index (χ3v) is 19.2. The monoisotopic (exact) mass is 1680 g/mol. The normalized spacial score (nSPS) is 11.0. The van der Waals surface area contributed by atoms with E-state index in [1.54, 1.807) is 114 Å². The lowest BCUT2D eigenvalue weighted by molar-refractivity contribution is 0.393. The summed E-state index contributed by atoms with van der Waals surface area (Å²) in [5.74, 6) is -0.900. The molecule has 0 saturated heterocycles. The van der Waals surface area contributed by atoms with Gasteiger partial charge in [0.25, 0.3) is 0 Å². The van der Waals surface area contributed by atoms with E-state index >= 15 is 0 Å². The molecule has 32 heteroatoms. The highest BCUT2D eigenvalue weighted by Crippen LogP contribution is 2.38. The highest BCUT2D eigenvalue weighted by molar-refractivity contribution is 6.31. The predicted octanol–water partition coefficient (Wildman–Crippen LogP) is 20.7. The number of aryl methyl sites for hydroxylation is 2. The molecule has 0 saturated carbocycles. The number of fused-ring (bicyclic) bond motifs is 6. The maximum absolute atomic E-state index is 14.8. The van der Waals surface area contributed by atoms with Crippen LogP contribution in [0.25, 0.3) is 83.0 Å². The Bertz CT molecular complexity index is 6990. The first kappa shape index (κ1) is 82.2. The van der Waals surface area contributed by atoms with Gasteiger partial charge in [-0.3, -0.25) is 42.8 Å². The second-order valence-corrected chi connectivity index (χ2v) is 27.3. The van der Waals surface area contributed by atoms with Gasteiger partial charge in [0.2, 0.25) is 0 Å². The number of benzene rings is 6. The molecule has 10 heterocycles. The number of halogens is 10. The third-order valence-electron chi connectivity index (χ3n) is 18.2. The van der Waals surface area contributed by atoms with Crippen LogP contribution in [-0.4, -0.2) is 83.2 Å². The summed E-state index contributed by atoms with van der Waals surface area (Å²) in [5, 5.41) is 13.0. The van der Waals surface area contributed by atoms with E-state index in [4.69, 9.17) is 65.4 Å². The summed E-state index contributed by atoms with van der Waals surface area (Å²) in [5.41, 5.74) is 4.56. The molecule has 4 N–H and O–H groups in total. The number of nitrogens with zero attached hydrogens (tertiary/aromatic N) is 10. The summed E-state index contributed by atoms with van der Waals surface area (Å²) in [6.45, 7) is 11.7. The molecule has 6 aromatic carbocycles. The van der Waals surface area contributed by atoms with Crippen LogP contribution >= 0.6 is 46.4 Å². The van der Waals surface area contributed by atoms with Crippen molar-refractivity contribution in [3.63, 3.8) is 0 Å². The van der Waals surface area contributed by atoms with Crippen molar-refractivity contribution in [1.29, 1.82) is 0 Å². The largest absolute Gasteiger partial charge is 0.497 e. The molecule has 0 aliphatic rings. The number of ether oxygens (including phenoxy) is 4. The van der Waals surface area contributed by atoms with E-state index in [0.717, 1.165) is 63.3 Å². The van der Waals surface area contributed by atoms with E-state index in [9.17, 15) is 45.5 Å². The van der Waals surface area contributed by atoms with E-state index < -0.39 is 50.9 Å². The first-order valence-corrected chi connectivity index (χ1v) is 36.9. The maximum Gasteiger partial charge on any atom is 0.193 e. The Kier molecular flexibility index (Phi) is 24.7. The molecule has 22 nitrogen and oxygen atoms in total. The SMILES string of the molecule is C=CCNc1cc(=O)c2cc(F)c(Cl)nc2n1CC=C.COc1ccc(Nc2cc(=O)c3cc(F)c(Cl)nc3n2-c2ccc(OC)cc2OC)c(OC)c1.Cc1ccc(F)c(Nc2cc(=O)c3cc(F)c(Cl)nc3n2-c2cc(C)ccc2F)c1.O=c1cc(Nc2cnc3ccccc3c2)n(-c2cnc3ccccc3c2)c2nc(Cl)c(F)cc12.[HH].[HH].[HH].[HH]. The fourth-order valence-corrected chi connectivity index (χ4v) is 13.2. The summed E-state index contributed by atoms with van der Waals surface area (Å²) in [6, 6.07) is 47.9. The van der Waals surface area contributed by atoms with Gasteiger partial charge in [-0.25, -0.2) is 46.3 Å². The van der Waals surface area contributed by atoms with Gasteiger partial charge in [0.05, 0.1) is 108 Å². The van der Waals surface area contributed by atoms with Crippen molar-refractivity contribution < 1.29 is 51.0 Å². The van der Waals surface area contributed by atoms with Crippen molar-refractivity contribution in [1.82, 2.24) is 48.2 Å². The van der Waals surface area contributed by atoms with E-state index in [0.29, 0.717) is 81.9 Å². The molecule has 0 amide bonds. The summed E-state index contributed by atoms with van der Waals surface area (Å²) >= 11 is 23.6. The van der Waals surface area contributed by atoms with Gasteiger partial charge in [0.15, 0.2) is 82.5 Å². The smallest absolute Gasteiger partial charge is 0.193 e. The van der Waals surface area contributed by atoms with E-state index in [1.165, 1.54) is 62.3 Å². The number of methoxy groups -OCH3 is 4. The Morgan fingerprint density at radius 2 is 0.864 bits per heavy atom. The van der Waals surface area contributed by atoms with Crippen LogP contribution < -0.4 is 61.9 Å². The van der Waals surface area contributed by atoms with Gasteiger partial charge < -0.3 is 44.8 Å². The lowest BCUT2D eigenvalue weighted by Gasteiger charge is -2.21. The predicted molar refractivity (Wildman–Crippen MR) is 461 cm³/mol. The second-order valence-electron chi connectivity index (χ2n) is 25.9. The molecule has 604 valence electrons. The Hall–Kier alpha value is -13.8. The van der Waals surface area contributed by atoms with Crippen LogP contribution in [0.2, 0.25) is 20.6 Å². The van der Waals surface area contributed by atoms with E-state index in [-0.39, 0.29) is 87.7 Å². The van der Waals surface area contributed by atoms with Gasteiger partial charge in [0.1, 0.15) is 63.6 Å². The molecular formula is C86H72Cl4F6N14O8. The van der Waals surface area contributed by atoms with Crippen LogP contribution in [0.4, 0.5) is 66.7 Å². The van der Waals surface area contributed by atoms with Crippen LogP contribution in [0.15, 0.2) is 239 Å². The van der Waals surface area contributed by atoms with Crippen molar-refractivity contribution in [3.05, 3.63) is 327 Å². The quantitative estimate of drug-likeness (QED) is 0.0354. The number of aromatic nitrogens is 10. The standard InChI is InChI=1S/C26H15ClFN5O.C24H21ClFN3O5.C22H15ClF3N3O.C14H13ClFN3O.4H2/c27-25-20(28)11-19-23(34)12-24(31-17-9-15-5-1-3-7-21(15)29-13-17)33(26(19)32-25)18-10-16-6-2-4-8-22(16)30-14-18;1-31-13-5-7-17(20(9-13)33-3)27-22-12-19(30)15-11-16(26)23(25)28-24(15)29(22)18-8-6-14(32-2)10-21(18)34-4;1-11-3-5-14(24)17(7-11)27-20-10-19(30)13-9-16(26)21(23)28-22(13)29(20)18-8-12(2)4-6-15(18)25;1-3-5-17-12-8-11(20)9-7-10(16)13(15)18-14(9)19(12)6-4-2;;;;/h1-14,31H;5-12,27H,1-4H3;3-10,27H,1-2H3;3-4,7-8,17H,1-2,5-6H2;4*1H. The summed E-state index contributed by atoms with van der Waals surface area (Å²) in [4.78, 5) is 75.9. The molecule has 118 heavy (non-hydrogen) atoms. The summed E-state index contributed by atoms with van der Waals surface area (Å²) < 4.78 is 113. The summed E-state index contributed by atoms with van der Waals surface area (Å²) in [7, 11) is 6.11. The Labute approximate surface area is 692 Å². The molecular weight excluding hydrogens is 1610 g/mol. The number of hydrogen-bond donors (Lipinski definition) is 4. The zero-order valence-electron chi connectivity index (χ0n) is 63.0. The van der Waals surface area contributed by atoms with Gasteiger partial charge >= 0.3 is 0 Å². The zero-order chi connectivity index (χ0) is 83.9. The van der Waals surface area contributed by atoms with Crippen molar-refractivity contribution >= 4 is 153 Å². The molecule has 0 radical (unpaired) electrons. The number of rotatable bonds is 18. The fraction of sp³-hybridized carbons (Fsp3) is 0.0930. The minimum absolute atomic E-state index is 0. The first-order chi connectivity index (χ1) is 56.8. The van der Waals surface area contributed by atoms with Gasteiger partial charge in [-0.1, -0.05) is 107 Å². The van der Waals surface area contributed by atoms with Crippen molar-refractivity contribution in [2.45, 2.75) is 20.4 Å². The molecule has 0 fully saturated rings. The van der Waals surface area contributed by atoms with Crippen LogP contribution in [-0.2, 0) is 6.54 Å². The maximum atomic E-state index is 14.8. The summed E-state index contributed by atoms with van der Waals surface area (Å²) in [6.07, 6.45) is 6.68. The van der Waals surface area contributed by atoms with Gasteiger partial charge in [-0.2, -0.15) is 0 Å². The minimum atomic E-state index is -0.872. The minimum Gasteiger partial charge on any atom is -0.497 e. The van der Waals surface area contributed by atoms with Gasteiger partial charge in [-0.05, 0) is 122 Å². The van der Waals surface area contributed by atoms with Crippen LogP contribution in [0.1, 0.15) is 16.8 Å². The lowest BCUT2D eigenvalue weighted by atomic mass is 10.1. The number of hydrogen-bond acceptors (Lipinski definition) is 18. The average molecular weight is 1690 g/mol. The molecule has 0 aliphatic carbocycles. The second kappa shape index (κ2) is 35.5. The number of pyridine rings is 10. The Morgan fingerprint density at radius 1 is 0.415 bits per heavy atom. The molecule has 0 atom stereocenters. The molecule has 16 rings (SSSR count). The van der Waals surface area contributed by atoms with Gasteiger partial charge in [-0.15, -0.1) is 13.2 Å². The molecule has 16 aromatic rings.